The van der Waals surface area contributed by atoms with Crippen LogP contribution in [0.5, 0.6) is 0 Å². The Bertz CT molecular complexity index is 574. The van der Waals surface area contributed by atoms with Gasteiger partial charge in [0.25, 0.3) is 0 Å². The van der Waals surface area contributed by atoms with Crippen molar-refractivity contribution in [3.8, 4) is 0 Å². The van der Waals surface area contributed by atoms with Crippen LogP contribution in [0, 0.1) is 0 Å². The number of hydrogen-bond donors (Lipinski definition) is 3. The molecule has 0 aromatic carbocycles. The molecule has 3 N–H and O–H groups in total. The van der Waals surface area contributed by atoms with Crippen molar-refractivity contribution in [3.05, 3.63) is 24.3 Å². The highest BCUT2D eigenvalue weighted by molar-refractivity contribution is 5.76. The van der Waals surface area contributed by atoms with E-state index in [1.807, 2.05) is 6.08 Å². The van der Waals surface area contributed by atoms with Gasteiger partial charge in [0.1, 0.15) is 0 Å². The molecular weight excluding hydrogens is 494 g/mol. The van der Waals surface area contributed by atoms with Crippen LogP contribution in [0.3, 0.4) is 0 Å². The maximum absolute atomic E-state index is 12.3. The van der Waals surface area contributed by atoms with E-state index in [0.29, 0.717) is 6.42 Å². The number of hydrogen-bond acceptors (Lipinski definition) is 3. The molecule has 4 nitrogen and oxygen atoms in total. The summed E-state index contributed by atoms with van der Waals surface area (Å²) in [5.74, 6) is -0.0698. The van der Waals surface area contributed by atoms with Crippen LogP contribution < -0.4 is 5.32 Å². The Morgan fingerprint density at radius 1 is 0.575 bits per heavy atom. The lowest BCUT2D eigenvalue weighted by atomic mass is 10.0. The highest BCUT2D eigenvalue weighted by atomic mass is 16.3. The summed E-state index contributed by atoms with van der Waals surface area (Å²) in [6, 6.07) is -0.617. The zero-order chi connectivity index (χ0) is 29.4. The van der Waals surface area contributed by atoms with Gasteiger partial charge >= 0.3 is 0 Å². The number of carbonyl (C=O) groups excluding carboxylic acids is 1. The van der Waals surface area contributed by atoms with Gasteiger partial charge in [-0.3, -0.25) is 4.79 Å². The fraction of sp³-hybridized carbons (Fsp3) is 0.861. The quantitative estimate of drug-likeness (QED) is 0.0580. The first-order valence-corrected chi connectivity index (χ1v) is 17.6. The second-order valence-corrected chi connectivity index (χ2v) is 11.9. The van der Waals surface area contributed by atoms with Gasteiger partial charge in [-0.2, -0.15) is 0 Å². The standard InChI is InChI=1S/C36H69NO3/c1-3-5-7-9-11-13-14-15-16-17-18-19-20-21-22-24-26-28-30-32-36(40)37-34(33-38)35(39)31-29-27-25-23-12-10-8-6-4-2/h15-16,29,31,34-35,38-39H,3-14,17-28,30,32-33H2,1-2H3,(H,37,40)/b16-15-,31-29+/t34-,35+/m0/s1. The average Bonchev–Trinajstić information content (AvgIpc) is 2.96. The summed E-state index contributed by atoms with van der Waals surface area (Å²) in [6.07, 6.45) is 39.7. The fourth-order valence-corrected chi connectivity index (χ4v) is 5.17. The predicted molar refractivity (Wildman–Crippen MR) is 175 cm³/mol. The number of rotatable bonds is 31. The Balaban J connectivity index is 3.57. The van der Waals surface area contributed by atoms with Crippen LogP contribution in [0.25, 0.3) is 0 Å². The molecule has 1 amide bonds. The van der Waals surface area contributed by atoms with E-state index in [9.17, 15) is 15.0 Å². The number of amides is 1. The Kier molecular flexibility index (Phi) is 31.5. The van der Waals surface area contributed by atoms with E-state index < -0.39 is 12.1 Å². The van der Waals surface area contributed by atoms with Crippen molar-refractivity contribution >= 4 is 5.91 Å². The van der Waals surface area contributed by atoms with E-state index in [4.69, 9.17) is 0 Å². The molecule has 0 aromatic rings. The summed E-state index contributed by atoms with van der Waals surface area (Å²) >= 11 is 0. The fourth-order valence-electron chi connectivity index (χ4n) is 5.17. The first kappa shape index (κ1) is 38.9. The maximum Gasteiger partial charge on any atom is 0.220 e. The minimum absolute atomic E-state index is 0.0698. The second-order valence-electron chi connectivity index (χ2n) is 11.9. The molecule has 236 valence electrons. The molecule has 0 aromatic heterocycles. The SMILES string of the molecule is CCCCCCCC/C=C\CCCCCCCCCCCC(=O)N[C@@H](CO)[C@H](O)/C=C/CCCCCCCCC. The Labute approximate surface area is 249 Å². The molecule has 0 bridgehead atoms. The summed E-state index contributed by atoms with van der Waals surface area (Å²) < 4.78 is 0. The van der Waals surface area contributed by atoms with Crippen molar-refractivity contribution < 1.29 is 15.0 Å². The summed E-state index contributed by atoms with van der Waals surface area (Å²) in [7, 11) is 0. The molecule has 0 aliphatic heterocycles. The van der Waals surface area contributed by atoms with Crippen LogP contribution in [0.15, 0.2) is 24.3 Å². The smallest absolute Gasteiger partial charge is 0.220 e. The monoisotopic (exact) mass is 564 g/mol. The first-order valence-electron chi connectivity index (χ1n) is 17.6. The molecule has 0 saturated carbocycles. The van der Waals surface area contributed by atoms with Crippen molar-refractivity contribution in [2.75, 3.05) is 6.61 Å². The Morgan fingerprint density at radius 2 is 0.950 bits per heavy atom. The van der Waals surface area contributed by atoms with Crippen molar-refractivity contribution in [2.45, 2.75) is 193 Å². The maximum atomic E-state index is 12.3. The van der Waals surface area contributed by atoms with Crippen LogP contribution >= 0.6 is 0 Å². The lowest BCUT2D eigenvalue weighted by molar-refractivity contribution is -0.123. The van der Waals surface area contributed by atoms with E-state index in [1.54, 1.807) is 6.08 Å². The summed E-state index contributed by atoms with van der Waals surface area (Å²) in [4.78, 5) is 12.3. The molecule has 2 atom stereocenters. The van der Waals surface area contributed by atoms with Crippen molar-refractivity contribution in [1.29, 1.82) is 0 Å². The Hall–Kier alpha value is -1.13. The molecule has 0 unspecified atom stereocenters. The van der Waals surface area contributed by atoms with Gasteiger partial charge in [0, 0.05) is 6.42 Å². The molecule has 0 rings (SSSR count). The number of aliphatic hydroxyl groups is 2. The normalized spacial score (nSPS) is 13.4. The number of nitrogens with one attached hydrogen (secondary N) is 1. The molecule has 0 heterocycles. The van der Waals surface area contributed by atoms with Gasteiger partial charge in [-0.05, 0) is 44.9 Å². The van der Waals surface area contributed by atoms with Gasteiger partial charge in [0.15, 0.2) is 0 Å². The van der Waals surface area contributed by atoms with Gasteiger partial charge in [0.2, 0.25) is 5.91 Å². The topological polar surface area (TPSA) is 69.6 Å². The van der Waals surface area contributed by atoms with E-state index in [-0.39, 0.29) is 12.5 Å². The highest BCUT2D eigenvalue weighted by Gasteiger charge is 2.17. The first-order chi connectivity index (χ1) is 19.7. The number of unbranched alkanes of at least 4 members (excludes halogenated alkanes) is 22. The van der Waals surface area contributed by atoms with E-state index >= 15 is 0 Å². The average molecular weight is 564 g/mol. The third-order valence-corrected chi connectivity index (χ3v) is 7.93. The Morgan fingerprint density at radius 3 is 1.38 bits per heavy atom. The third-order valence-electron chi connectivity index (χ3n) is 7.93. The number of carbonyl (C=O) groups is 1. The van der Waals surface area contributed by atoms with Gasteiger partial charge in [-0.1, -0.05) is 154 Å². The van der Waals surface area contributed by atoms with Crippen LogP contribution in [0.1, 0.15) is 181 Å². The summed E-state index contributed by atoms with van der Waals surface area (Å²) in [5, 5.41) is 22.7. The molecule has 40 heavy (non-hydrogen) atoms. The van der Waals surface area contributed by atoms with E-state index in [2.05, 4.69) is 31.3 Å². The molecule has 0 fully saturated rings. The zero-order valence-corrected chi connectivity index (χ0v) is 26.9. The van der Waals surface area contributed by atoms with Gasteiger partial charge in [0.05, 0.1) is 18.8 Å². The lowest BCUT2D eigenvalue weighted by Crippen LogP contribution is -2.45. The molecule has 4 heteroatoms. The zero-order valence-electron chi connectivity index (χ0n) is 26.9. The largest absolute Gasteiger partial charge is 0.394 e. The third kappa shape index (κ3) is 28.4. The lowest BCUT2D eigenvalue weighted by Gasteiger charge is -2.20. The minimum atomic E-state index is -0.834. The van der Waals surface area contributed by atoms with Crippen LogP contribution in [-0.4, -0.2) is 34.9 Å². The van der Waals surface area contributed by atoms with Gasteiger partial charge < -0.3 is 15.5 Å². The van der Waals surface area contributed by atoms with Crippen LogP contribution in [-0.2, 0) is 4.79 Å². The minimum Gasteiger partial charge on any atom is -0.394 e. The summed E-state index contributed by atoms with van der Waals surface area (Å²) in [6.45, 7) is 4.26. The van der Waals surface area contributed by atoms with Crippen molar-refractivity contribution in [2.24, 2.45) is 0 Å². The predicted octanol–water partition coefficient (Wildman–Crippen LogP) is 10.1. The molecular formula is C36H69NO3. The molecule has 0 saturated heterocycles. The molecule has 0 aliphatic carbocycles. The van der Waals surface area contributed by atoms with Crippen molar-refractivity contribution in [1.82, 2.24) is 5.32 Å². The number of allylic oxidation sites excluding steroid dienone is 3. The van der Waals surface area contributed by atoms with Crippen molar-refractivity contribution in [3.63, 3.8) is 0 Å². The molecule has 0 spiro atoms. The van der Waals surface area contributed by atoms with Gasteiger partial charge in [-0.25, -0.2) is 0 Å². The molecule has 0 radical (unpaired) electrons. The number of aliphatic hydroxyl groups excluding tert-OH is 2. The summed E-state index contributed by atoms with van der Waals surface area (Å²) in [5.41, 5.74) is 0. The van der Waals surface area contributed by atoms with Crippen LogP contribution in [0.4, 0.5) is 0 Å². The van der Waals surface area contributed by atoms with Crippen LogP contribution in [0.2, 0.25) is 0 Å². The van der Waals surface area contributed by atoms with E-state index in [1.165, 1.54) is 135 Å². The second kappa shape index (κ2) is 32.4. The highest BCUT2D eigenvalue weighted by Crippen LogP contribution is 2.13. The molecule has 0 aliphatic rings. The van der Waals surface area contributed by atoms with Gasteiger partial charge in [-0.15, -0.1) is 0 Å². The van der Waals surface area contributed by atoms with E-state index in [0.717, 1.165) is 25.7 Å².